The number of benzene rings is 2. The number of amides is 3. The predicted octanol–water partition coefficient (Wildman–Crippen LogP) is 1.20. The topological polar surface area (TPSA) is 134 Å². The smallest absolute Gasteiger partial charge is 0.239 e. The van der Waals surface area contributed by atoms with Crippen molar-refractivity contribution >= 4 is 17.7 Å². The van der Waals surface area contributed by atoms with Crippen LogP contribution in [0.2, 0.25) is 0 Å². The van der Waals surface area contributed by atoms with Crippen LogP contribution >= 0.6 is 0 Å². The quantitative estimate of drug-likeness (QED) is 0.547. The Morgan fingerprint density at radius 1 is 1.08 bits per heavy atom. The van der Waals surface area contributed by atoms with Gasteiger partial charge in [0.15, 0.2) is 0 Å². The highest BCUT2D eigenvalue weighted by Crippen LogP contribution is 2.24. The number of rotatable bonds is 4. The zero-order valence-electron chi connectivity index (χ0n) is 21.5. The van der Waals surface area contributed by atoms with E-state index in [1.165, 1.54) is 4.90 Å². The van der Waals surface area contributed by atoms with Crippen LogP contribution in [0.1, 0.15) is 30.4 Å². The second-order valence-corrected chi connectivity index (χ2v) is 9.64. The summed E-state index contributed by atoms with van der Waals surface area (Å²) in [6.45, 7) is 1.00. The maximum atomic E-state index is 13.1. The molecule has 0 spiro atoms. The number of carbonyl (C=O) groups is 3. The molecule has 3 aliphatic rings. The average Bonchev–Trinajstić information content (AvgIpc) is 2.93. The Morgan fingerprint density at radius 3 is 2.66 bits per heavy atom. The fourth-order valence-corrected chi connectivity index (χ4v) is 4.78. The van der Waals surface area contributed by atoms with Gasteiger partial charge in [-0.3, -0.25) is 14.4 Å². The molecule has 0 saturated carbocycles. The molecule has 2 aromatic rings. The third kappa shape index (κ3) is 7.53. The summed E-state index contributed by atoms with van der Waals surface area (Å²) in [5.74, 6) is 0.672. The lowest BCUT2D eigenvalue weighted by atomic mass is 10.0. The molecule has 3 amide bonds. The van der Waals surface area contributed by atoms with Crippen LogP contribution in [0.25, 0.3) is 0 Å². The minimum atomic E-state index is -0.460. The van der Waals surface area contributed by atoms with Gasteiger partial charge in [0.1, 0.15) is 11.5 Å². The van der Waals surface area contributed by atoms with Gasteiger partial charge in [-0.2, -0.15) is 0 Å². The molecule has 2 atom stereocenters. The fraction of sp³-hybridized carbons (Fsp3) is 0.464. The molecule has 0 radical (unpaired) electrons. The molecule has 3 aliphatic heterocycles. The molecule has 204 valence electrons. The number of aryl methyl sites for hydroxylation is 1. The zero-order chi connectivity index (χ0) is 26.9. The standard InChI is InChI=1S/C28H36N4O6/c29-16-28(36)32-13-11-25-24(17-32)30-26(34)18-31(12-2-14-33)27(35)10-7-20-5-8-22(9-6-20)38-23-4-1-3-21(15-23)19-37-25/h1,3-6,8-9,15,24-25,33H,2,7,10-14,16-19,29H2,(H,30,34)/t24-,25-/m0/s1. The van der Waals surface area contributed by atoms with E-state index in [4.69, 9.17) is 15.2 Å². The molecule has 2 aromatic carbocycles. The van der Waals surface area contributed by atoms with Crippen LogP contribution in [0.4, 0.5) is 0 Å². The van der Waals surface area contributed by atoms with Crippen LogP contribution in [0, 0.1) is 0 Å². The van der Waals surface area contributed by atoms with E-state index in [9.17, 15) is 19.5 Å². The Morgan fingerprint density at radius 2 is 1.89 bits per heavy atom. The third-order valence-corrected chi connectivity index (χ3v) is 6.85. The van der Waals surface area contributed by atoms with E-state index in [-0.39, 0.29) is 63.0 Å². The highest BCUT2D eigenvalue weighted by atomic mass is 16.5. The van der Waals surface area contributed by atoms with Gasteiger partial charge in [-0.25, -0.2) is 0 Å². The van der Waals surface area contributed by atoms with E-state index in [2.05, 4.69) is 5.32 Å². The van der Waals surface area contributed by atoms with Crippen LogP contribution in [0.3, 0.4) is 0 Å². The summed E-state index contributed by atoms with van der Waals surface area (Å²) >= 11 is 0. The van der Waals surface area contributed by atoms with E-state index in [0.29, 0.717) is 43.9 Å². The second kappa shape index (κ2) is 13.4. The lowest BCUT2D eigenvalue weighted by Gasteiger charge is -2.39. The first-order valence-electron chi connectivity index (χ1n) is 13.1. The summed E-state index contributed by atoms with van der Waals surface area (Å²) in [7, 11) is 0. The SMILES string of the molecule is NCC(=O)N1CC[C@@H]2OCc3cccc(c3)Oc3ccc(cc3)CCC(=O)N(CCCO)CC(=O)N[C@H]2C1. The normalized spacial score (nSPS) is 21.0. The first-order chi connectivity index (χ1) is 18.4. The minimum Gasteiger partial charge on any atom is -0.457 e. The Bertz CT molecular complexity index is 1110. The third-order valence-electron chi connectivity index (χ3n) is 6.85. The average molecular weight is 525 g/mol. The molecule has 5 rings (SSSR count). The van der Waals surface area contributed by atoms with Crippen LogP contribution in [-0.2, 0) is 32.1 Å². The molecule has 4 N–H and O–H groups in total. The molecule has 4 bridgehead atoms. The Hall–Kier alpha value is -3.47. The molecule has 0 unspecified atom stereocenters. The Balaban J connectivity index is 1.58. The number of piperidine rings is 1. The molecule has 3 heterocycles. The molecule has 0 aliphatic carbocycles. The highest BCUT2D eigenvalue weighted by molar-refractivity contribution is 5.85. The molecular weight excluding hydrogens is 488 g/mol. The maximum Gasteiger partial charge on any atom is 0.239 e. The number of carbonyl (C=O) groups excluding carboxylic acids is 3. The van der Waals surface area contributed by atoms with Crippen LogP contribution in [0.15, 0.2) is 48.5 Å². The minimum absolute atomic E-state index is 0.0811. The number of ether oxygens (including phenoxy) is 2. The van der Waals surface area contributed by atoms with Crippen molar-refractivity contribution in [2.45, 2.75) is 44.4 Å². The first kappa shape index (κ1) is 27.6. The van der Waals surface area contributed by atoms with Crippen molar-refractivity contribution in [2.24, 2.45) is 5.73 Å². The highest BCUT2D eigenvalue weighted by Gasteiger charge is 2.33. The van der Waals surface area contributed by atoms with Gasteiger partial charge in [-0.15, -0.1) is 0 Å². The summed E-state index contributed by atoms with van der Waals surface area (Å²) in [4.78, 5) is 41.5. The molecule has 10 nitrogen and oxygen atoms in total. The van der Waals surface area contributed by atoms with Crippen molar-refractivity contribution in [1.82, 2.24) is 15.1 Å². The van der Waals surface area contributed by atoms with Gasteiger partial charge >= 0.3 is 0 Å². The summed E-state index contributed by atoms with van der Waals surface area (Å²) in [6.07, 6.45) is 1.32. The molecule has 38 heavy (non-hydrogen) atoms. The first-order valence-corrected chi connectivity index (χ1v) is 13.1. The number of nitrogens with one attached hydrogen (secondary N) is 1. The van der Waals surface area contributed by atoms with Crippen molar-refractivity contribution in [2.75, 3.05) is 39.3 Å². The van der Waals surface area contributed by atoms with Crippen LogP contribution in [-0.4, -0.2) is 84.1 Å². The zero-order valence-corrected chi connectivity index (χ0v) is 21.5. The number of fused-ring (bicyclic) bond motifs is 9. The summed E-state index contributed by atoms with van der Waals surface area (Å²) in [5, 5.41) is 12.3. The van der Waals surface area contributed by atoms with Gasteiger partial charge in [-0.05, 0) is 54.7 Å². The van der Waals surface area contributed by atoms with Gasteiger partial charge in [0.2, 0.25) is 17.7 Å². The van der Waals surface area contributed by atoms with Gasteiger partial charge in [0.25, 0.3) is 0 Å². The maximum absolute atomic E-state index is 13.1. The van der Waals surface area contributed by atoms with Crippen LogP contribution < -0.4 is 15.8 Å². The van der Waals surface area contributed by atoms with E-state index in [1.54, 1.807) is 4.90 Å². The summed E-state index contributed by atoms with van der Waals surface area (Å²) in [6, 6.07) is 14.8. The van der Waals surface area contributed by atoms with Crippen molar-refractivity contribution in [3.63, 3.8) is 0 Å². The number of aliphatic hydroxyl groups is 1. The van der Waals surface area contributed by atoms with E-state index >= 15 is 0 Å². The van der Waals surface area contributed by atoms with Crippen molar-refractivity contribution in [1.29, 1.82) is 0 Å². The van der Waals surface area contributed by atoms with Gasteiger partial charge < -0.3 is 35.4 Å². The lowest BCUT2D eigenvalue weighted by Crippen LogP contribution is -2.59. The number of nitrogens with zero attached hydrogens (tertiary/aromatic N) is 2. The number of aliphatic hydroxyl groups excluding tert-OH is 1. The molecule has 1 saturated heterocycles. The van der Waals surface area contributed by atoms with Crippen molar-refractivity contribution < 1.29 is 29.0 Å². The number of nitrogens with two attached hydrogens (primary N) is 1. The van der Waals surface area contributed by atoms with E-state index < -0.39 is 6.04 Å². The van der Waals surface area contributed by atoms with Gasteiger partial charge in [0, 0.05) is 32.7 Å². The summed E-state index contributed by atoms with van der Waals surface area (Å²) < 4.78 is 12.3. The molecular formula is C28H36N4O6. The largest absolute Gasteiger partial charge is 0.457 e. The summed E-state index contributed by atoms with van der Waals surface area (Å²) in [5.41, 5.74) is 7.47. The van der Waals surface area contributed by atoms with E-state index in [1.807, 2.05) is 48.5 Å². The number of likely N-dealkylation sites (tertiary alicyclic amines) is 1. The van der Waals surface area contributed by atoms with E-state index in [0.717, 1.165) is 11.1 Å². The predicted molar refractivity (Wildman–Crippen MR) is 140 cm³/mol. The van der Waals surface area contributed by atoms with Crippen LogP contribution in [0.5, 0.6) is 11.5 Å². The van der Waals surface area contributed by atoms with Crippen molar-refractivity contribution in [3.8, 4) is 11.5 Å². The molecule has 0 aromatic heterocycles. The molecule has 1 fully saturated rings. The molecule has 10 heteroatoms. The number of hydrogen-bond acceptors (Lipinski definition) is 7. The monoisotopic (exact) mass is 524 g/mol. The lowest BCUT2D eigenvalue weighted by molar-refractivity contribution is -0.138. The fourth-order valence-electron chi connectivity index (χ4n) is 4.78. The van der Waals surface area contributed by atoms with Gasteiger partial charge in [0.05, 0.1) is 31.8 Å². The van der Waals surface area contributed by atoms with Crippen molar-refractivity contribution in [3.05, 3.63) is 59.7 Å². The Kier molecular flexibility index (Phi) is 9.69. The second-order valence-electron chi connectivity index (χ2n) is 9.64. The van der Waals surface area contributed by atoms with Gasteiger partial charge in [-0.1, -0.05) is 24.3 Å². The Labute approximate surface area is 222 Å². The number of hydrogen-bond donors (Lipinski definition) is 3.